The van der Waals surface area contributed by atoms with Gasteiger partial charge in [-0.25, -0.2) is 0 Å². The first-order chi connectivity index (χ1) is 11.4. The predicted octanol–water partition coefficient (Wildman–Crippen LogP) is 1.40. The summed E-state index contributed by atoms with van der Waals surface area (Å²) in [5.41, 5.74) is 7.48. The summed E-state index contributed by atoms with van der Waals surface area (Å²) in [6.07, 6.45) is 3.38. The van der Waals surface area contributed by atoms with Gasteiger partial charge in [-0.2, -0.15) is 0 Å². The van der Waals surface area contributed by atoms with E-state index in [0.717, 1.165) is 24.1 Å². The molecular formula is C18H28N4O2. The molecule has 1 aliphatic heterocycles. The smallest absolute Gasteiger partial charge is 0.236 e. The third kappa shape index (κ3) is 4.54. The summed E-state index contributed by atoms with van der Waals surface area (Å²) in [6.45, 7) is 7.62. The fraction of sp³-hybridized carbons (Fsp3) is 0.611. The van der Waals surface area contributed by atoms with Crippen LogP contribution in [0.3, 0.4) is 0 Å². The molecule has 2 amide bonds. The molecule has 3 N–H and O–H groups in total. The quantitative estimate of drug-likeness (QED) is 0.824. The number of likely N-dealkylation sites (tertiary alicyclic amines) is 1. The molecule has 0 saturated carbocycles. The highest BCUT2D eigenvalue weighted by Gasteiger charge is 2.27. The van der Waals surface area contributed by atoms with E-state index in [-0.39, 0.29) is 30.3 Å². The van der Waals surface area contributed by atoms with Crippen LogP contribution in [0.2, 0.25) is 0 Å². The summed E-state index contributed by atoms with van der Waals surface area (Å²) in [5.74, 6) is -0.211. The average molecular weight is 332 g/mol. The number of hydrogen-bond acceptors (Lipinski definition) is 4. The van der Waals surface area contributed by atoms with Gasteiger partial charge in [-0.1, -0.05) is 19.9 Å². The summed E-state index contributed by atoms with van der Waals surface area (Å²) >= 11 is 0. The maximum Gasteiger partial charge on any atom is 0.236 e. The van der Waals surface area contributed by atoms with Gasteiger partial charge in [0.1, 0.15) is 0 Å². The minimum Gasteiger partial charge on any atom is -0.369 e. The fourth-order valence-electron chi connectivity index (χ4n) is 3.22. The third-order valence-electron chi connectivity index (χ3n) is 4.66. The van der Waals surface area contributed by atoms with Crippen LogP contribution in [0.1, 0.15) is 44.0 Å². The van der Waals surface area contributed by atoms with Crippen molar-refractivity contribution in [2.24, 2.45) is 17.6 Å². The lowest BCUT2D eigenvalue weighted by Gasteiger charge is -2.32. The molecule has 2 rings (SSSR count). The van der Waals surface area contributed by atoms with E-state index in [4.69, 9.17) is 5.73 Å². The minimum absolute atomic E-state index is 0.0141. The van der Waals surface area contributed by atoms with E-state index in [1.165, 1.54) is 0 Å². The van der Waals surface area contributed by atoms with Gasteiger partial charge in [0, 0.05) is 19.3 Å². The molecule has 0 bridgehead atoms. The lowest BCUT2D eigenvalue weighted by molar-refractivity contribution is -0.134. The van der Waals surface area contributed by atoms with Crippen LogP contribution in [0.5, 0.6) is 0 Å². The highest BCUT2D eigenvalue weighted by Crippen LogP contribution is 2.22. The van der Waals surface area contributed by atoms with Crippen LogP contribution in [0.25, 0.3) is 0 Å². The monoisotopic (exact) mass is 332 g/mol. The maximum absolute atomic E-state index is 12.5. The second-order valence-corrected chi connectivity index (χ2v) is 6.89. The Hall–Kier alpha value is -1.95. The number of rotatable bonds is 6. The van der Waals surface area contributed by atoms with Crippen LogP contribution >= 0.6 is 0 Å². The van der Waals surface area contributed by atoms with Crippen LogP contribution in [0.15, 0.2) is 18.3 Å². The Bertz CT molecular complexity index is 588. The van der Waals surface area contributed by atoms with Gasteiger partial charge in [-0.3, -0.25) is 19.9 Å². The summed E-state index contributed by atoms with van der Waals surface area (Å²) < 4.78 is 0. The van der Waals surface area contributed by atoms with E-state index in [2.05, 4.69) is 24.1 Å². The van der Waals surface area contributed by atoms with Crippen molar-refractivity contribution >= 4 is 11.8 Å². The molecule has 0 aromatic carbocycles. The Morgan fingerprint density at radius 1 is 1.46 bits per heavy atom. The van der Waals surface area contributed by atoms with Crippen LogP contribution < -0.4 is 11.1 Å². The highest BCUT2D eigenvalue weighted by molar-refractivity contribution is 5.81. The second kappa shape index (κ2) is 8.24. The number of primary amides is 1. The zero-order chi connectivity index (χ0) is 17.7. The molecule has 1 aromatic rings. The minimum atomic E-state index is -0.315. The van der Waals surface area contributed by atoms with Crippen molar-refractivity contribution in [1.29, 1.82) is 0 Å². The summed E-state index contributed by atoms with van der Waals surface area (Å²) in [4.78, 5) is 30.1. The SMILES string of the molecule is Cc1cccnc1C(NCC(=O)N1CCCC(C(N)=O)C1)C(C)C. The van der Waals surface area contributed by atoms with Crippen molar-refractivity contribution in [1.82, 2.24) is 15.2 Å². The van der Waals surface area contributed by atoms with Crippen molar-refractivity contribution in [3.05, 3.63) is 29.6 Å². The van der Waals surface area contributed by atoms with Crippen LogP contribution in [0, 0.1) is 18.8 Å². The summed E-state index contributed by atoms with van der Waals surface area (Å²) in [6, 6.07) is 3.97. The number of nitrogens with one attached hydrogen (secondary N) is 1. The summed E-state index contributed by atoms with van der Waals surface area (Å²) in [5, 5.41) is 3.35. The zero-order valence-corrected chi connectivity index (χ0v) is 14.8. The number of aromatic nitrogens is 1. The van der Waals surface area contributed by atoms with Crippen molar-refractivity contribution in [2.45, 2.75) is 39.7 Å². The molecular weight excluding hydrogens is 304 g/mol. The standard InChI is InChI=1S/C18H28N4O2/c1-12(2)16(17-13(3)6-4-8-20-17)21-10-15(23)22-9-5-7-14(11-22)18(19)24/h4,6,8,12,14,16,21H,5,7,9-11H2,1-3H3,(H2,19,24). The predicted molar refractivity (Wildman–Crippen MR) is 93.1 cm³/mol. The van der Waals surface area contributed by atoms with E-state index < -0.39 is 0 Å². The molecule has 0 aliphatic carbocycles. The average Bonchev–Trinajstić information content (AvgIpc) is 2.56. The molecule has 1 saturated heterocycles. The summed E-state index contributed by atoms with van der Waals surface area (Å²) in [7, 11) is 0. The van der Waals surface area contributed by atoms with Gasteiger partial charge >= 0.3 is 0 Å². The maximum atomic E-state index is 12.5. The molecule has 2 heterocycles. The first-order valence-corrected chi connectivity index (χ1v) is 8.62. The third-order valence-corrected chi connectivity index (χ3v) is 4.66. The van der Waals surface area contributed by atoms with E-state index >= 15 is 0 Å². The number of amides is 2. The molecule has 24 heavy (non-hydrogen) atoms. The van der Waals surface area contributed by atoms with Crippen LogP contribution in [-0.4, -0.2) is 41.3 Å². The van der Waals surface area contributed by atoms with E-state index in [9.17, 15) is 9.59 Å². The van der Waals surface area contributed by atoms with Crippen LogP contribution in [0.4, 0.5) is 0 Å². The molecule has 2 atom stereocenters. The number of hydrogen-bond donors (Lipinski definition) is 2. The molecule has 1 aromatic heterocycles. The number of nitrogens with two attached hydrogens (primary N) is 1. The first kappa shape index (κ1) is 18.4. The topological polar surface area (TPSA) is 88.3 Å². The second-order valence-electron chi connectivity index (χ2n) is 6.89. The van der Waals surface area contributed by atoms with Gasteiger partial charge in [0.05, 0.1) is 24.2 Å². The highest BCUT2D eigenvalue weighted by atomic mass is 16.2. The normalized spacial score (nSPS) is 19.3. The molecule has 2 unspecified atom stereocenters. The van der Waals surface area contributed by atoms with Crippen molar-refractivity contribution in [2.75, 3.05) is 19.6 Å². The number of nitrogens with zero attached hydrogens (tertiary/aromatic N) is 2. The van der Waals surface area contributed by atoms with E-state index in [1.807, 2.05) is 19.1 Å². The fourth-order valence-corrected chi connectivity index (χ4v) is 3.22. The van der Waals surface area contributed by atoms with Gasteiger partial charge in [0.25, 0.3) is 0 Å². The van der Waals surface area contributed by atoms with Gasteiger partial charge in [0.2, 0.25) is 11.8 Å². The molecule has 6 heteroatoms. The first-order valence-electron chi connectivity index (χ1n) is 8.62. The van der Waals surface area contributed by atoms with Gasteiger partial charge in [-0.05, 0) is 37.3 Å². The molecule has 0 spiro atoms. The van der Waals surface area contributed by atoms with E-state index in [1.54, 1.807) is 11.1 Å². The lowest BCUT2D eigenvalue weighted by Crippen LogP contribution is -2.47. The lowest BCUT2D eigenvalue weighted by atomic mass is 9.96. The number of carbonyl (C=O) groups is 2. The number of carbonyl (C=O) groups excluding carboxylic acids is 2. The number of pyridine rings is 1. The van der Waals surface area contributed by atoms with Gasteiger partial charge in [-0.15, -0.1) is 0 Å². The van der Waals surface area contributed by atoms with Crippen molar-refractivity contribution < 1.29 is 9.59 Å². The molecule has 132 valence electrons. The molecule has 1 fully saturated rings. The molecule has 6 nitrogen and oxygen atoms in total. The van der Waals surface area contributed by atoms with Crippen LogP contribution in [-0.2, 0) is 9.59 Å². The van der Waals surface area contributed by atoms with E-state index in [0.29, 0.717) is 19.0 Å². The Morgan fingerprint density at radius 3 is 2.83 bits per heavy atom. The largest absolute Gasteiger partial charge is 0.369 e. The number of piperidine rings is 1. The van der Waals surface area contributed by atoms with Gasteiger partial charge in [0.15, 0.2) is 0 Å². The molecule has 1 aliphatic rings. The Balaban J connectivity index is 1.98. The molecule has 0 radical (unpaired) electrons. The Labute approximate surface area is 143 Å². The van der Waals surface area contributed by atoms with Gasteiger partial charge < -0.3 is 10.6 Å². The van der Waals surface area contributed by atoms with Crippen molar-refractivity contribution in [3.63, 3.8) is 0 Å². The Morgan fingerprint density at radius 2 is 2.21 bits per heavy atom. The van der Waals surface area contributed by atoms with Crippen molar-refractivity contribution in [3.8, 4) is 0 Å². The Kier molecular flexibility index (Phi) is 6.31. The number of aryl methyl sites for hydroxylation is 1. The zero-order valence-electron chi connectivity index (χ0n) is 14.8.